The van der Waals surface area contributed by atoms with Crippen molar-refractivity contribution < 1.29 is 0 Å². The van der Waals surface area contributed by atoms with Crippen molar-refractivity contribution >= 4 is 0 Å². The summed E-state index contributed by atoms with van der Waals surface area (Å²) < 4.78 is 1.94. The number of aromatic nitrogens is 3. The Balaban J connectivity index is 1.74. The highest BCUT2D eigenvalue weighted by Gasteiger charge is 2.18. The molecule has 2 rings (SSSR count). The third-order valence-corrected chi connectivity index (χ3v) is 3.91. The minimum Gasteiger partial charge on any atom is -0.300 e. The zero-order chi connectivity index (χ0) is 13.8. The van der Waals surface area contributed by atoms with Gasteiger partial charge in [0.05, 0.1) is 5.69 Å². The first-order valence-electron chi connectivity index (χ1n) is 7.43. The van der Waals surface area contributed by atoms with E-state index in [2.05, 4.69) is 54.0 Å². The molecule has 0 N–H and O–H groups in total. The third kappa shape index (κ3) is 4.01. The third-order valence-electron chi connectivity index (χ3n) is 3.91. The largest absolute Gasteiger partial charge is 0.300 e. The SMILES string of the molecule is CC(C)N1CCN(CCc2cn(C(C)C)nn2)CC1. The van der Waals surface area contributed by atoms with E-state index in [9.17, 15) is 0 Å². The second-order valence-electron chi connectivity index (χ2n) is 6.00. The topological polar surface area (TPSA) is 37.2 Å². The maximum atomic E-state index is 4.24. The van der Waals surface area contributed by atoms with E-state index in [4.69, 9.17) is 0 Å². The van der Waals surface area contributed by atoms with Gasteiger partial charge in [-0.3, -0.25) is 4.90 Å². The summed E-state index contributed by atoms with van der Waals surface area (Å²) >= 11 is 0. The first-order chi connectivity index (χ1) is 9.06. The lowest BCUT2D eigenvalue weighted by atomic mass is 10.2. The molecule has 0 unspecified atom stereocenters. The van der Waals surface area contributed by atoms with Crippen molar-refractivity contribution in [1.29, 1.82) is 0 Å². The normalized spacial score (nSPS) is 18.6. The smallest absolute Gasteiger partial charge is 0.0840 e. The van der Waals surface area contributed by atoms with Gasteiger partial charge in [-0.05, 0) is 27.7 Å². The molecule has 0 amide bonds. The standard InChI is InChI=1S/C14H27N5/c1-12(2)18-9-7-17(8-10-18)6-5-14-11-19(13(3)4)16-15-14/h11-13H,5-10H2,1-4H3. The molecule has 2 heterocycles. The first kappa shape index (κ1) is 14.5. The fourth-order valence-corrected chi connectivity index (χ4v) is 2.46. The molecule has 0 atom stereocenters. The fraction of sp³-hybridized carbons (Fsp3) is 0.857. The molecule has 19 heavy (non-hydrogen) atoms. The van der Waals surface area contributed by atoms with Crippen LogP contribution in [0.15, 0.2) is 6.20 Å². The Morgan fingerprint density at radius 2 is 1.74 bits per heavy atom. The van der Waals surface area contributed by atoms with Crippen molar-refractivity contribution in [3.63, 3.8) is 0 Å². The summed E-state index contributed by atoms with van der Waals surface area (Å²) in [6.45, 7) is 14.6. The van der Waals surface area contributed by atoms with E-state index in [-0.39, 0.29) is 0 Å². The van der Waals surface area contributed by atoms with Crippen molar-refractivity contribution in [3.8, 4) is 0 Å². The van der Waals surface area contributed by atoms with Gasteiger partial charge in [-0.25, -0.2) is 4.68 Å². The highest BCUT2D eigenvalue weighted by Crippen LogP contribution is 2.08. The van der Waals surface area contributed by atoms with Crippen molar-refractivity contribution in [1.82, 2.24) is 24.8 Å². The molecule has 1 saturated heterocycles. The number of hydrogen-bond acceptors (Lipinski definition) is 4. The van der Waals surface area contributed by atoms with Crippen LogP contribution in [0.25, 0.3) is 0 Å². The lowest BCUT2D eigenvalue weighted by molar-refractivity contribution is 0.109. The van der Waals surface area contributed by atoms with E-state index in [1.807, 2.05) is 4.68 Å². The van der Waals surface area contributed by atoms with Gasteiger partial charge in [0.2, 0.25) is 0 Å². The Labute approximate surface area is 116 Å². The van der Waals surface area contributed by atoms with Crippen LogP contribution in [0.1, 0.15) is 39.4 Å². The quantitative estimate of drug-likeness (QED) is 0.807. The minimum absolute atomic E-state index is 0.399. The molecule has 0 aromatic carbocycles. The zero-order valence-electron chi connectivity index (χ0n) is 12.7. The maximum Gasteiger partial charge on any atom is 0.0840 e. The molecule has 0 saturated carbocycles. The van der Waals surface area contributed by atoms with Gasteiger partial charge in [0, 0.05) is 57.4 Å². The van der Waals surface area contributed by atoms with Gasteiger partial charge >= 0.3 is 0 Å². The summed E-state index contributed by atoms with van der Waals surface area (Å²) in [5.41, 5.74) is 1.11. The molecular weight excluding hydrogens is 238 g/mol. The Bertz CT molecular complexity index is 377. The van der Waals surface area contributed by atoms with Gasteiger partial charge in [-0.2, -0.15) is 0 Å². The van der Waals surface area contributed by atoms with E-state index in [1.165, 1.54) is 26.2 Å². The van der Waals surface area contributed by atoms with Gasteiger partial charge in [0.25, 0.3) is 0 Å². The summed E-state index contributed by atoms with van der Waals surface area (Å²) in [5, 5.41) is 8.40. The average molecular weight is 265 g/mol. The van der Waals surface area contributed by atoms with Crippen LogP contribution in [0.4, 0.5) is 0 Å². The second-order valence-corrected chi connectivity index (χ2v) is 6.00. The predicted octanol–water partition coefficient (Wildman–Crippen LogP) is 1.43. The van der Waals surface area contributed by atoms with Crippen molar-refractivity contribution in [2.24, 2.45) is 0 Å². The lowest BCUT2D eigenvalue weighted by Gasteiger charge is -2.36. The Morgan fingerprint density at radius 1 is 1.05 bits per heavy atom. The molecule has 5 heteroatoms. The molecule has 1 aromatic rings. The van der Waals surface area contributed by atoms with E-state index < -0.39 is 0 Å². The molecular formula is C14H27N5. The summed E-state index contributed by atoms with van der Waals surface area (Å²) in [6, 6.07) is 1.07. The van der Waals surface area contributed by atoms with Crippen LogP contribution in [0.5, 0.6) is 0 Å². The summed E-state index contributed by atoms with van der Waals surface area (Å²) in [7, 11) is 0. The van der Waals surface area contributed by atoms with Crippen molar-refractivity contribution in [2.45, 2.75) is 46.2 Å². The van der Waals surface area contributed by atoms with E-state index >= 15 is 0 Å². The lowest BCUT2D eigenvalue weighted by Crippen LogP contribution is -2.49. The predicted molar refractivity (Wildman–Crippen MR) is 77.3 cm³/mol. The van der Waals surface area contributed by atoms with Crippen LogP contribution >= 0.6 is 0 Å². The summed E-state index contributed by atoms with van der Waals surface area (Å²) in [5.74, 6) is 0. The first-order valence-corrected chi connectivity index (χ1v) is 7.43. The Hall–Kier alpha value is -0.940. The number of nitrogens with zero attached hydrogens (tertiary/aromatic N) is 5. The highest BCUT2D eigenvalue weighted by molar-refractivity contribution is 4.94. The second kappa shape index (κ2) is 6.48. The average Bonchev–Trinajstić information content (AvgIpc) is 2.86. The van der Waals surface area contributed by atoms with E-state index in [0.717, 1.165) is 18.7 Å². The number of hydrogen-bond donors (Lipinski definition) is 0. The van der Waals surface area contributed by atoms with Crippen LogP contribution in [0.2, 0.25) is 0 Å². The Kier molecular flexibility index (Phi) is 4.93. The summed E-state index contributed by atoms with van der Waals surface area (Å²) in [6.07, 6.45) is 3.09. The van der Waals surface area contributed by atoms with Gasteiger partial charge in [0.15, 0.2) is 0 Å². The molecule has 5 nitrogen and oxygen atoms in total. The number of piperazine rings is 1. The van der Waals surface area contributed by atoms with Crippen LogP contribution in [0.3, 0.4) is 0 Å². The number of rotatable bonds is 5. The fourth-order valence-electron chi connectivity index (χ4n) is 2.46. The minimum atomic E-state index is 0.399. The van der Waals surface area contributed by atoms with Crippen LogP contribution in [-0.2, 0) is 6.42 Å². The molecule has 0 spiro atoms. The molecule has 0 aliphatic carbocycles. The van der Waals surface area contributed by atoms with Crippen LogP contribution < -0.4 is 0 Å². The maximum absolute atomic E-state index is 4.24. The van der Waals surface area contributed by atoms with Gasteiger partial charge in [0.1, 0.15) is 0 Å². The monoisotopic (exact) mass is 265 g/mol. The zero-order valence-corrected chi connectivity index (χ0v) is 12.7. The molecule has 0 bridgehead atoms. The van der Waals surface area contributed by atoms with Gasteiger partial charge in [-0.15, -0.1) is 5.10 Å². The van der Waals surface area contributed by atoms with Gasteiger partial charge < -0.3 is 4.90 Å². The van der Waals surface area contributed by atoms with Crippen LogP contribution in [0, 0.1) is 0 Å². The molecule has 108 valence electrons. The Morgan fingerprint density at radius 3 is 2.26 bits per heavy atom. The summed E-state index contributed by atoms with van der Waals surface area (Å²) in [4.78, 5) is 5.08. The highest BCUT2D eigenvalue weighted by atomic mass is 15.4. The molecule has 1 aliphatic rings. The molecule has 1 aliphatic heterocycles. The van der Waals surface area contributed by atoms with E-state index in [0.29, 0.717) is 12.1 Å². The van der Waals surface area contributed by atoms with Crippen LogP contribution in [-0.4, -0.2) is 63.6 Å². The molecule has 0 radical (unpaired) electrons. The molecule has 1 fully saturated rings. The van der Waals surface area contributed by atoms with Crippen molar-refractivity contribution in [3.05, 3.63) is 11.9 Å². The van der Waals surface area contributed by atoms with Gasteiger partial charge in [-0.1, -0.05) is 5.21 Å². The molecule has 1 aromatic heterocycles. The van der Waals surface area contributed by atoms with E-state index in [1.54, 1.807) is 0 Å². The van der Waals surface area contributed by atoms with Crippen molar-refractivity contribution in [2.75, 3.05) is 32.7 Å².